The molecule has 1 atom stereocenters. The van der Waals surface area contributed by atoms with Gasteiger partial charge in [0.25, 0.3) is 5.91 Å². The first kappa shape index (κ1) is 19.9. The molecule has 7 nitrogen and oxygen atoms in total. The lowest BCUT2D eigenvalue weighted by Crippen LogP contribution is -2.43. The van der Waals surface area contributed by atoms with Gasteiger partial charge in [0.1, 0.15) is 18.4 Å². The van der Waals surface area contributed by atoms with Crippen LogP contribution in [0.15, 0.2) is 52.5 Å². The van der Waals surface area contributed by atoms with Crippen molar-refractivity contribution in [2.75, 3.05) is 0 Å². The summed E-state index contributed by atoms with van der Waals surface area (Å²) in [6, 6.07) is 10.5. The third kappa shape index (κ3) is 4.13. The molecule has 1 amide bonds. The fourth-order valence-electron chi connectivity index (χ4n) is 3.30. The molecule has 3 aromatic heterocycles. The van der Waals surface area contributed by atoms with E-state index in [-0.39, 0.29) is 12.5 Å². The van der Waals surface area contributed by atoms with Crippen molar-refractivity contribution >= 4 is 34.1 Å². The number of aromatic amines is 1. The number of benzene rings is 1. The lowest BCUT2D eigenvalue weighted by molar-refractivity contribution is -0.147. The minimum Gasteiger partial charge on any atom is -0.459 e. The van der Waals surface area contributed by atoms with E-state index in [1.165, 1.54) is 11.3 Å². The Balaban J connectivity index is 1.54. The number of nitrogens with zero attached hydrogens (tertiary/aromatic N) is 1. The number of carbonyl (C=O) groups is 2. The van der Waals surface area contributed by atoms with Crippen LogP contribution in [-0.2, 0) is 22.6 Å². The molecular formula is C22H21N3O4S. The summed E-state index contributed by atoms with van der Waals surface area (Å²) in [7, 11) is 0. The summed E-state index contributed by atoms with van der Waals surface area (Å²) in [5.41, 5.74) is 3.31. The summed E-state index contributed by atoms with van der Waals surface area (Å²) < 4.78 is 10.7. The molecule has 0 aliphatic heterocycles. The Morgan fingerprint density at radius 3 is 2.80 bits per heavy atom. The van der Waals surface area contributed by atoms with Crippen LogP contribution in [-0.4, -0.2) is 28.1 Å². The highest BCUT2D eigenvalue weighted by Gasteiger charge is 2.26. The molecule has 4 aromatic rings. The smallest absolute Gasteiger partial charge is 0.329 e. The van der Waals surface area contributed by atoms with Crippen LogP contribution in [0, 0.1) is 13.8 Å². The fourth-order valence-corrected chi connectivity index (χ4v) is 3.93. The van der Waals surface area contributed by atoms with Crippen molar-refractivity contribution in [3.63, 3.8) is 0 Å². The van der Waals surface area contributed by atoms with Gasteiger partial charge in [0.15, 0.2) is 0 Å². The van der Waals surface area contributed by atoms with Gasteiger partial charge in [-0.1, -0.05) is 29.4 Å². The summed E-state index contributed by atoms with van der Waals surface area (Å²) in [4.78, 5) is 29.3. The van der Waals surface area contributed by atoms with Gasteiger partial charge in [0, 0.05) is 23.5 Å². The lowest BCUT2D eigenvalue weighted by atomic mass is 10.0. The molecule has 30 heavy (non-hydrogen) atoms. The number of carbonyl (C=O) groups excluding carboxylic acids is 2. The van der Waals surface area contributed by atoms with Crippen LogP contribution in [0.25, 0.3) is 10.9 Å². The number of hydrogen-bond donors (Lipinski definition) is 2. The highest BCUT2D eigenvalue weighted by Crippen LogP contribution is 2.20. The molecule has 0 radical (unpaired) electrons. The highest BCUT2D eigenvalue weighted by molar-refractivity contribution is 7.12. The number of para-hydroxylation sites is 1. The molecule has 0 unspecified atom stereocenters. The van der Waals surface area contributed by atoms with Crippen LogP contribution in [0.3, 0.4) is 0 Å². The minimum absolute atomic E-state index is 0.0409. The number of ether oxygens (including phenoxy) is 1. The van der Waals surface area contributed by atoms with Crippen LogP contribution < -0.4 is 5.32 Å². The van der Waals surface area contributed by atoms with Gasteiger partial charge in [0.2, 0.25) is 0 Å². The number of hydrogen-bond acceptors (Lipinski definition) is 6. The minimum atomic E-state index is -0.834. The zero-order valence-corrected chi connectivity index (χ0v) is 17.4. The van der Waals surface area contributed by atoms with Crippen LogP contribution >= 0.6 is 11.3 Å². The monoisotopic (exact) mass is 423 g/mol. The Kier molecular flexibility index (Phi) is 5.67. The maximum absolute atomic E-state index is 12.9. The second-order valence-electron chi connectivity index (χ2n) is 6.98. The first-order chi connectivity index (χ1) is 14.5. The number of amides is 1. The molecule has 0 spiro atoms. The van der Waals surface area contributed by atoms with Crippen LogP contribution in [0.2, 0.25) is 0 Å². The maximum Gasteiger partial charge on any atom is 0.329 e. The van der Waals surface area contributed by atoms with Crippen molar-refractivity contribution in [3.8, 4) is 0 Å². The molecule has 4 rings (SSSR count). The van der Waals surface area contributed by atoms with Crippen LogP contribution in [0.1, 0.15) is 32.3 Å². The normalized spacial score (nSPS) is 12.1. The predicted octanol–water partition coefficient (Wildman–Crippen LogP) is 3.92. The van der Waals surface area contributed by atoms with Gasteiger partial charge in [-0.25, -0.2) is 4.79 Å². The van der Waals surface area contributed by atoms with Gasteiger partial charge in [0.05, 0.1) is 16.1 Å². The van der Waals surface area contributed by atoms with E-state index in [9.17, 15) is 9.59 Å². The maximum atomic E-state index is 12.9. The van der Waals surface area contributed by atoms with Gasteiger partial charge in [-0.15, -0.1) is 11.3 Å². The molecule has 8 heteroatoms. The van der Waals surface area contributed by atoms with Crippen molar-refractivity contribution in [1.82, 2.24) is 15.5 Å². The summed E-state index contributed by atoms with van der Waals surface area (Å²) >= 11 is 1.32. The SMILES string of the molecule is Cc1noc(C)c1COC(=O)[C@H](Cc1c[nH]c2ccccc12)NC(=O)c1cccs1. The quantitative estimate of drug-likeness (QED) is 0.439. The number of H-pyrrole nitrogens is 1. The molecule has 0 fully saturated rings. The first-order valence-corrected chi connectivity index (χ1v) is 10.4. The summed E-state index contributed by atoms with van der Waals surface area (Å²) in [5, 5.41) is 9.53. The Hall–Kier alpha value is -3.39. The molecule has 0 saturated carbocycles. The van der Waals surface area contributed by atoms with E-state index in [4.69, 9.17) is 9.26 Å². The van der Waals surface area contributed by atoms with E-state index in [1.807, 2.05) is 35.8 Å². The second kappa shape index (κ2) is 8.54. The number of rotatable bonds is 7. The summed E-state index contributed by atoms with van der Waals surface area (Å²) in [6.45, 7) is 3.60. The molecule has 0 saturated heterocycles. The highest BCUT2D eigenvalue weighted by atomic mass is 32.1. The van der Waals surface area contributed by atoms with Crippen molar-refractivity contribution in [2.45, 2.75) is 32.9 Å². The Morgan fingerprint density at radius 1 is 1.23 bits per heavy atom. The van der Waals surface area contributed by atoms with Crippen molar-refractivity contribution in [1.29, 1.82) is 0 Å². The molecular weight excluding hydrogens is 402 g/mol. The molecule has 0 aliphatic rings. The third-order valence-electron chi connectivity index (χ3n) is 4.97. The molecule has 2 N–H and O–H groups in total. The van der Waals surface area contributed by atoms with E-state index in [0.717, 1.165) is 22.0 Å². The molecule has 0 aliphatic carbocycles. The topological polar surface area (TPSA) is 97.2 Å². The molecule has 154 valence electrons. The van der Waals surface area contributed by atoms with Gasteiger partial charge in [-0.3, -0.25) is 4.79 Å². The average molecular weight is 423 g/mol. The standard InChI is InChI=1S/C22H21N3O4S/c1-13-17(14(2)29-25-13)12-28-22(27)19(24-21(26)20-8-5-9-30-20)10-15-11-23-18-7-4-3-6-16(15)18/h3-9,11,19,23H,10,12H2,1-2H3,(H,24,26)/t19-/m0/s1. The van der Waals surface area contributed by atoms with Crippen LogP contribution in [0.4, 0.5) is 0 Å². The Morgan fingerprint density at radius 2 is 2.07 bits per heavy atom. The van der Waals surface area contributed by atoms with E-state index in [1.54, 1.807) is 26.0 Å². The van der Waals surface area contributed by atoms with Crippen LogP contribution in [0.5, 0.6) is 0 Å². The third-order valence-corrected chi connectivity index (χ3v) is 5.84. The number of esters is 1. The van der Waals surface area contributed by atoms with Crippen molar-refractivity contribution in [3.05, 3.63) is 75.4 Å². The number of fused-ring (bicyclic) bond motifs is 1. The largest absolute Gasteiger partial charge is 0.459 e. The number of nitrogens with one attached hydrogen (secondary N) is 2. The predicted molar refractivity (Wildman–Crippen MR) is 113 cm³/mol. The first-order valence-electron chi connectivity index (χ1n) is 9.50. The summed E-state index contributed by atoms with van der Waals surface area (Å²) in [6.07, 6.45) is 2.16. The van der Waals surface area contributed by atoms with Gasteiger partial charge in [-0.05, 0) is 36.9 Å². The van der Waals surface area contributed by atoms with E-state index in [2.05, 4.69) is 15.5 Å². The van der Waals surface area contributed by atoms with E-state index < -0.39 is 12.0 Å². The van der Waals surface area contributed by atoms with Gasteiger partial charge >= 0.3 is 5.97 Å². The summed E-state index contributed by atoms with van der Waals surface area (Å²) in [5.74, 6) is -0.203. The van der Waals surface area contributed by atoms with Crippen molar-refractivity contribution < 1.29 is 18.8 Å². The second-order valence-corrected chi connectivity index (χ2v) is 7.93. The van der Waals surface area contributed by atoms with Gasteiger partial charge in [-0.2, -0.15) is 0 Å². The number of thiophene rings is 1. The molecule has 1 aromatic carbocycles. The Labute approximate surface area is 177 Å². The van der Waals surface area contributed by atoms with E-state index in [0.29, 0.717) is 22.8 Å². The molecule has 3 heterocycles. The van der Waals surface area contributed by atoms with E-state index >= 15 is 0 Å². The molecule has 0 bridgehead atoms. The Bertz CT molecular complexity index is 1160. The zero-order chi connectivity index (χ0) is 21.1. The lowest BCUT2D eigenvalue weighted by Gasteiger charge is -2.17. The fraction of sp³-hybridized carbons (Fsp3) is 0.227. The van der Waals surface area contributed by atoms with Crippen molar-refractivity contribution in [2.24, 2.45) is 0 Å². The number of aromatic nitrogens is 2. The number of aryl methyl sites for hydroxylation is 2. The average Bonchev–Trinajstić information content (AvgIpc) is 3.48. The van der Waals surface area contributed by atoms with Gasteiger partial charge < -0.3 is 19.6 Å². The zero-order valence-electron chi connectivity index (χ0n) is 16.6.